The van der Waals surface area contributed by atoms with Gasteiger partial charge in [-0.1, -0.05) is 6.07 Å². The van der Waals surface area contributed by atoms with Crippen molar-refractivity contribution in [2.75, 3.05) is 18.8 Å². The van der Waals surface area contributed by atoms with Crippen LogP contribution in [0.4, 0.5) is 0 Å². The highest BCUT2D eigenvalue weighted by Crippen LogP contribution is 2.24. The van der Waals surface area contributed by atoms with Gasteiger partial charge < -0.3 is 15.5 Å². The van der Waals surface area contributed by atoms with Crippen LogP contribution in [0.1, 0.15) is 5.56 Å². The molecule has 4 N–H and O–H groups in total. The molecule has 0 atom stereocenters. The molecule has 1 aromatic carbocycles. The zero-order chi connectivity index (χ0) is 12.9. The maximum atomic E-state index is 10.4. The van der Waals surface area contributed by atoms with Crippen LogP contribution in [0, 0.1) is 0 Å². The summed E-state index contributed by atoms with van der Waals surface area (Å²) in [5, 5.41) is 21.2. The van der Waals surface area contributed by atoms with Crippen molar-refractivity contribution >= 4 is 10.1 Å². The van der Waals surface area contributed by atoms with Crippen LogP contribution in [0.15, 0.2) is 18.2 Å². The van der Waals surface area contributed by atoms with Crippen molar-refractivity contribution in [1.29, 1.82) is 0 Å². The lowest BCUT2D eigenvalue weighted by Gasteiger charge is -2.05. The Labute approximate surface area is 99.7 Å². The van der Waals surface area contributed by atoms with Gasteiger partial charge in [0, 0.05) is 6.54 Å². The van der Waals surface area contributed by atoms with Crippen molar-refractivity contribution in [1.82, 2.24) is 5.32 Å². The van der Waals surface area contributed by atoms with Gasteiger partial charge in [-0.3, -0.25) is 4.55 Å². The van der Waals surface area contributed by atoms with Gasteiger partial charge in [0.25, 0.3) is 10.1 Å². The zero-order valence-electron chi connectivity index (χ0n) is 9.13. The lowest BCUT2D eigenvalue weighted by Crippen LogP contribution is -2.24. The fourth-order valence-corrected chi connectivity index (χ4v) is 1.69. The van der Waals surface area contributed by atoms with E-state index < -0.39 is 10.1 Å². The van der Waals surface area contributed by atoms with Crippen LogP contribution >= 0.6 is 0 Å². The first-order valence-corrected chi connectivity index (χ1v) is 6.66. The Morgan fingerprint density at radius 3 is 2.41 bits per heavy atom. The molecular formula is C10H15NO5S. The number of phenols is 2. The van der Waals surface area contributed by atoms with E-state index in [1.807, 2.05) is 0 Å². The van der Waals surface area contributed by atoms with E-state index in [1.165, 1.54) is 12.1 Å². The summed E-state index contributed by atoms with van der Waals surface area (Å²) in [7, 11) is -3.92. The second-order valence-corrected chi connectivity index (χ2v) is 5.18. The third kappa shape index (κ3) is 5.53. The largest absolute Gasteiger partial charge is 0.504 e. The molecule has 6 nitrogen and oxygen atoms in total. The molecule has 0 aliphatic heterocycles. The lowest BCUT2D eigenvalue weighted by molar-refractivity contribution is 0.403. The van der Waals surface area contributed by atoms with Gasteiger partial charge in [-0.2, -0.15) is 8.42 Å². The van der Waals surface area contributed by atoms with Crippen LogP contribution in [0.25, 0.3) is 0 Å². The smallest absolute Gasteiger partial charge is 0.266 e. The van der Waals surface area contributed by atoms with Crippen LogP contribution in [-0.2, 0) is 16.5 Å². The molecule has 0 saturated heterocycles. The van der Waals surface area contributed by atoms with Gasteiger partial charge in [0.2, 0.25) is 0 Å². The Balaban J connectivity index is 2.29. The topological polar surface area (TPSA) is 107 Å². The zero-order valence-corrected chi connectivity index (χ0v) is 9.94. The molecule has 0 saturated carbocycles. The molecule has 0 aliphatic carbocycles. The Morgan fingerprint density at radius 2 is 1.82 bits per heavy atom. The molecular weight excluding hydrogens is 246 g/mol. The van der Waals surface area contributed by atoms with Crippen LogP contribution in [-0.4, -0.2) is 42.0 Å². The molecule has 7 heteroatoms. The van der Waals surface area contributed by atoms with Crippen LogP contribution in [0.2, 0.25) is 0 Å². The van der Waals surface area contributed by atoms with Crippen molar-refractivity contribution < 1.29 is 23.2 Å². The number of hydrogen-bond acceptors (Lipinski definition) is 5. The van der Waals surface area contributed by atoms with Crippen molar-refractivity contribution in [2.45, 2.75) is 6.42 Å². The van der Waals surface area contributed by atoms with E-state index in [-0.39, 0.29) is 23.8 Å². The van der Waals surface area contributed by atoms with E-state index in [9.17, 15) is 13.5 Å². The Kier molecular flexibility index (Phi) is 4.73. The summed E-state index contributed by atoms with van der Waals surface area (Å²) in [5.41, 5.74) is 0.819. The molecule has 17 heavy (non-hydrogen) atoms. The number of aromatic hydroxyl groups is 2. The van der Waals surface area contributed by atoms with Gasteiger partial charge in [0.15, 0.2) is 11.5 Å². The third-order valence-electron chi connectivity index (χ3n) is 2.17. The average molecular weight is 261 g/mol. The molecule has 0 radical (unpaired) electrons. The normalized spacial score (nSPS) is 11.6. The minimum atomic E-state index is -3.92. The van der Waals surface area contributed by atoms with E-state index in [1.54, 1.807) is 6.07 Å². The minimum absolute atomic E-state index is 0.170. The van der Waals surface area contributed by atoms with Crippen LogP contribution in [0.5, 0.6) is 11.5 Å². The first kappa shape index (κ1) is 13.8. The Hall–Kier alpha value is -1.31. The molecule has 0 aliphatic rings. The quantitative estimate of drug-likeness (QED) is 0.329. The molecule has 1 aromatic rings. The number of hydrogen-bond donors (Lipinski definition) is 4. The molecule has 1 rings (SSSR count). The molecule has 0 bridgehead atoms. The third-order valence-corrected chi connectivity index (χ3v) is 2.89. The van der Waals surface area contributed by atoms with Gasteiger partial charge in [-0.05, 0) is 30.7 Å². The van der Waals surface area contributed by atoms with Crippen LogP contribution < -0.4 is 5.32 Å². The summed E-state index contributed by atoms with van der Waals surface area (Å²) in [4.78, 5) is 0. The second-order valence-electron chi connectivity index (χ2n) is 3.61. The highest BCUT2D eigenvalue weighted by molar-refractivity contribution is 7.85. The summed E-state index contributed by atoms with van der Waals surface area (Å²) < 4.78 is 29.3. The van der Waals surface area contributed by atoms with E-state index in [4.69, 9.17) is 9.66 Å². The second kappa shape index (κ2) is 5.85. The van der Waals surface area contributed by atoms with Gasteiger partial charge >= 0.3 is 0 Å². The molecule has 0 spiro atoms. The fraction of sp³-hybridized carbons (Fsp3) is 0.400. The summed E-state index contributed by atoms with van der Waals surface area (Å²) in [6.45, 7) is 0.683. The standard InChI is InChI=1S/C10H15NO5S/c12-9-2-1-8(7-10(9)13)3-4-11-5-6-17(14,15)16/h1-2,7,11-13H,3-6H2,(H,14,15,16). The number of benzene rings is 1. The molecule has 0 unspecified atom stereocenters. The highest BCUT2D eigenvalue weighted by atomic mass is 32.2. The molecule has 0 aromatic heterocycles. The van der Waals surface area contributed by atoms with Crippen molar-refractivity contribution in [2.24, 2.45) is 0 Å². The number of nitrogens with one attached hydrogen (secondary N) is 1. The summed E-state index contributed by atoms with van der Waals surface area (Å²) in [6, 6.07) is 4.50. The van der Waals surface area contributed by atoms with Gasteiger partial charge in [0.1, 0.15) is 0 Å². The van der Waals surface area contributed by atoms with Crippen molar-refractivity contribution in [3.05, 3.63) is 23.8 Å². The Bertz CT molecular complexity index is 472. The van der Waals surface area contributed by atoms with Gasteiger partial charge in [0.05, 0.1) is 5.75 Å². The summed E-state index contributed by atoms with van der Waals surface area (Å²) >= 11 is 0. The molecule has 0 fully saturated rings. The van der Waals surface area contributed by atoms with Crippen molar-refractivity contribution in [3.8, 4) is 11.5 Å². The van der Waals surface area contributed by atoms with E-state index in [0.29, 0.717) is 13.0 Å². The van der Waals surface area contributed by atoms with Gasteiger partial charge in [-0.15, -0.1) is 0 Å². The summed E-state index contributed by atoms with van der Waals surface area (Å²) in [5.74, 6) is -0.679. The Morgan fingerprint density at radius 1 is 1.12 bits per heavy atom. The lowest BCUT2D eigenvalue weighted by atomic mass is 10.1. The summed E-state index contributed by atoms with van der Waals surface area (Å²) in [6.07, 6.45) is 0.583. The van der Waals surface area contributed by atoms with E-state index in [0.717, 1.165) is 5.56 Å². The maximum Gasteiger partial charge on any atom is 0.266 e. The first-order chi connectivity index (χ1) is 7.88. The molecule has 0 heterocycles. The molecule has 0 amide bonds. The minimum Gasteiger partial charge on any atom is -0.504 e. The van der Waals surface area contributed by atoms with Crippen molar-refractivity contribution in [3.63, 3.8) is 0 Å². The SMILES string of the molecule is O=S(=O)(O)CCNCCc1ccc(O)c(O)c1. The maximum absolute atomic E-state index is 10.4. The number of phenolic OH excluding ortho intramolecular Hbond substituents is 2. The number of rotatable bonds is 6. The van der Waals surface area contributed by atoms with E-state index in [2.05, 4.69) is 5.32 Å². The van der Waals surface area contributed by atoms with Gasteiger partial charge in [-0.25, -0.2) is 0 Å². The average Bonchev–Trinajstić information content (AvgIpc) is 2.21. The monoisotopic (exact) mass is 261 g/mol. The predicted molar refractivity (Wildman–Crippen MR) is 62.8 cm³/mol. The van der Waals surface area contributed by atoms with Crippen LogP contribution in [0.3, 0.4) is 0 Å². The molecule has 96 valence electrons. The highest BCUT2D eigenvalue weighted by Gasteiger charge is 2.03. The fourth-order valence-electron chi connectivity index (χ4n) is 1.28. The van der Waals surface area contributed by atoms with E-state index >= 15 is 0 Å². The predicted octanol–water partition coefficient (Wildman–Crippen LogP) is 0.118. The first-order valence-electron chi connectivity index (χ1n) is 5.05.